The molecule has 0 fully saturated rings. The van der Waals surface area contributed by atoms with E-state index in [1.54, 1.807) is 23.7 Å². The molecule has 24 heavy (non-hydrogen) atoms. The van der Waals surface area contributed by atoms with E-state index in [1.807, 2.05) is 0 Å². The van der Waals surface area contributed by atoms with Crippen molar-refractivity contribution in [2.24, 2.45) is 0 Å². The summed E-state index contributed by atoms with van der Waals surface area (Å²) in [6.07, 6.45) is -2.81. The summed E-state index contributed by atoms with van der Waals surface area (Å²) >= 11 is 11.8. The van der Waals surface area contributed by atoms with E-state index < -0.39 is 18.3 Å². The fraction of sp³-hybridized carbons (Fsp3) is 0.200. The van der Waals surface area contributed by atoms with Gasteiger partial charge in [0.15, 0.2) is 0 Å². The molecule has 1 aromatic carbocycles. The van der Waals surface area contributed by atoms with Gasteiger partial charge in [0.2, 0.25) is 0 Å². The van der Waals surface area contributed by atoms with Crippen molar-refractivity contribution in [2.45, 2.75) is 19.3 Å². The molecule has 128 valence electrons. The van der Waals surface area contributed by atoms with Crippen LogP contribution >= 0.6 is 23.2 Å². The minimum atomic E-state index is -4.10. The lowest BCUT2D eigenvalue weighted by Gasteiger charge is -2.22. The van der Waals surface area contributed by atoms with Crippen LogP contribution in [0.4, 0.5) is 8.78 Å². The zero-order valence-electron chi connectivity index (χ0n) is 12.3. The third-order valence-corrected chi connectivity index (χ3v) is 3.51. The number of halogens is 4. The summed E-state index contributed by atoms with van der Waals surface area (Å²) < 4.78 is 32.0. The molecule has 0 saturated carbocycles. The highest BCUT2D eigenvalue weighted by atomic mass is 35.5. The number of hydrogen-bond acceptors (Lipinski definition) is 4. The van der Waals surface area contributed by atoms with Gasteiger partial charge in [-0.05, 0) is 19.1 Å². The largest absolute Gasteiger partial charge is 0.507 e. The average molecular weight is 377 g/mol. The van der Waals surface area contributed by atoms with E-state index in [-0.39, 0.29) is 21.2 Å². The molecule has 0 aliphatic carbocycles. The maximum atomic E-state index is 13.7. The lowest BCUT2D eigenvalue weighted by atomic mass is 10.2. The van der Waals surface area contributed by atoms with E-state index in [9.17, 15) is 13.6 Å². The SMILES string of the molecule is CC(OC(F)(F)ONC(=O)c1ccccc1)c1c(Cl)cncc1Cl. The van der Waals surface area contributed by atoms with E-state index in [0.29, 0.717) is 0 Å². The number of alkyl halides is 2. The highest BCUT2D eigenvalue weighted by Gasteiger charge is 2.37. The van der Waals surface area contributed by atoms with Gasteiger partial charge in [0.1, 0.15) is 0 Å². The van der Waals surface area contributed by atoms with Gasteiger partial charge in [0.25, 0.3) is 5.91 Å². The topological polar surface area (TPSA) is 60.5 Å². The molecule has 1 amide bonds. The fourth-order valence-corrected chi connectivity index (χ4v) is 2.52. The zero-order chi connectivity index (χ0) is 17.7. The highest BCUT2D eigenvalue weighted by Crippen LogP contribution is 2.34. The van der Waals surface area contributed by atoms with Gasteiger partial charge >= 0.3 is 6.29 Å². The zero-order valence-corrected chi connectivity index (χ0v) is 13.8. The van der Waals surface area contributed by atoms with Crippen molar-refractivity contribution in [1.82, 2.24) is 10.5 Å². The average Bonchev–Trinajstić information content (AvgIpc) is 2.53. The summed E-state index contributed by atoms with van der Waals surface area (Å²) in [5.74, 6) is -0.841. The summed E-state index contributed by atoms with van der Waals surface area (Å²) in [6, 6.07) is 7.73. The predicted molar refractivity (Wildman–Crippen MR) is 83.7 cm³/mol. The van der Waals surface area contributed by atoms with Crippen LogP contribution in [0.2, 0.25) is 10.0 Å². The van der Waals surface area contributed by atoms with Gasteiger partial charge in [0, 0.05) is 23.5 Å². The van der Waals surface area contributed by atoms with Crippen LogP contribution in [0, 0.1) is 0 Å². The predicted octanol–water partition coefficient (Wildman–Crippen LogP) is 4.38. The van der Waals surface area contributed by atoms with Crippen LogP contribution in [0.5, 0.6) is 0 Å². The Labute approximate surface area is 146 Å². The Morgan fingerprint density at radius 2 is 1.79 bits per heavy atom. The quantitative estimate of drug-likeness (QED) is 0.600. The first-order valence-electron chi connectivity index (χ1n) is 6.68. The van der Waals surface area contributed by atoms with Crippen molar-refractivity contribution < 1.29 is 23.1 Å². The molecule has 0 saturated heterocycles. The summed E-state index contributed by atoms with van der Waals surface area (Å²) in [7, 11) is 0. The Kier molecular flexibility index (Phi) is 6.06. The molecule has 0 radical (unpaired) electrons. The molecule has 1 atom stereocenters. The van der Waals surface area contributed by atoms with Crippen molar-refractivity contribution in [3.05, 3.63) is 63.9 Å². The van der Waals surface area contributed by atoms with Crippen molar-refractivity contribution in [3.63, 3.8) is 0 Å². The number of pyridine rings is 1. The second kappa shape index (κ2) is 7.85. The molecule has 9 heteroatoms. The first-order chi connectivity index (χ1) is 11.3. The maximum absolute atomic E-state index is 13.7. The normalized spacial score (nSPS) is 12.7. The molecule has 0 spiro atoms. The van der Waals surface area contributed by atoms with E-state index in [1.165, 1.54) is 31.5 Å². The van der Waals surface area contributed by atoms with Crippen LogP contribution in [0.1, 0.15) is 28.9 Å². The number of carbonyl (C=O) groups excluding carboxylic acids is 1. The summed E-state index contributed by atoms with van der Waals surface area (Å²) in [4.78, 5) is 19.5. The molecule has 0 aliphatic heterocycles. The smallest absolute Gasteiger partial charge is 0.286 e. The molecule has 0 aliphatic rings. The number of carbonyl (C=O) groups is 1. The first-order valence-corrected chi connectivity index (χ1v) is 7.43. The molecular formula is C15H12Cl2F2N2O3. The van der Waals surface area contributed by atoms with Crippen LogP contribution in [-0.4, -0.2) is 17.2 Å². The van der Waals surface area contributed by atoms with Crippen LogP contribution in [0.3, 0.4) is 0 Å². The number of aromatic nitrogens is 1. The molecular weight excluding hydrogens is 365 g/mol. The standard InChI is InChI=1S/C15H12Cl2F2N2O3/c1-9(13-11(16)7-20-8-12(13)17)23-15(18,19)24-21-14(22)10-5-3-2-4-6-10/h2-9H,1H3,(H,21,22). The Bertz CT molecular complexity index is 697. The molecule has 1 heterocycles. The number of hydroxylamine groups is 1. The van der Waals surface area contributed by atoms with Gasteiger partial charge in [-0.2, -0.15) is 4.84 Å². The molecule has 1 aromatic heterocycles. The third-order valence-electron chi connectivity index (χ3n) is 2.91. The van der Waals surface area contributed by atoms with E-state index in [4.69, 9.17) is 23.2 Å². The number of nitrogens with one attached hydrogen (secondary N) is 1. The Morgan fingerprint density at radius 3 is 2.38 bits per heavy atom. The summed E-state index contributed by atoms with van der Waals surface area (Å²) in [5, 5.41) is 0.137. The minimum Gasteiger partial charge on any atom is -0.286 e. The van der Waals surface area contributed by atoms with Gasteiger partial charge in [0.05, 0.1) is 16.1 Å². The number of amides is 1. The molecule has 1 N–H and O–H groups in total. The maximum Gasteiger partial charge on any atom is 0.507 e. The fourth-order valence-electron chi connectivity index (χ4n) is 1.85. The third kappa shape index (κ3) is 4.85. The molecule has 5 nitrogen and oxygen atoms in total. The van der Waals surface area contributed by atoms with Gasteiger partial charge in [-0.25, -0.2) is 5.48 Å². The Hall–Kier alpha value is -1.80. The number of hydrogen-bond donors (Lipinski definition) is 1. The van der Waals surface area contributed by atoms with Crippen molar-refractivity contribution >= 4 is 29.1 Å². The number of ether oxygens (including phenoxy) is 1. The van der Waals surface area contributed by atoms with Crippen molar-refractivity contribution in [3.8, 4) is 0 Å². The number of nitrogens with zero attached hydrogens (tertiary/aromatic N) is 1. The summed E-state index contributed by atoms with van der Waals surface area (Å²) in [5.41, 5.74) is 1.92. The van der Waals surface area contributed by atoms with Crippen LogP contribution < -0.4 is 5.48 Å². The molecule has 1 unspecified atom stereocenters. The molecule has 0 bridgehead atoms. The molecule has 2 aromatic rings. The number of benzene rings is 1. The minimum absolute atomic E-state index is 0.0686. The monoisotopic (exact) mass is 376 g/mol. The van der Waals surface area contributed by atoms with E-state index in [0.717, 1.165) is 0 Å². The highest BCUT2D eigenvalue weighted by molar-refractivity contribution is 6.35. The summed E-state index contributed by atoms with van der Waals surface area (Å²) in [6.45, 7) is 1.31. The lowest BCUT2D eigenvalue weighted by Crippen LogP contribution is -2.36. The second-order valence-electron chi connectivity index (χ2n) is 4.64. The van der Waals surface area contributed by atoms with E-state index >= 15 is 0 Å². The Balaban J connectivity index is 1.99. The first kappa shape index (κ1) is 18.5. The van der Waals surface area contributed by atoms with Crippen molar-refractivity contribution in [1.29, 1.82) is 0 Å². The second-order valence-corrected chi connectivity index (χ2v) is 5.45. The van der Waals surface area contributed by atoms with Gasteiger partial charge in [-0.3, -0.25) is 14.5 Å². The van der Waals surface area contributed by atoms with Crippen LogP contribution in [-0.2, 0) is 9.57 Å². The van der Waals surface area contributed by atoms with Crippen LogP contribution in [0.25, 0.3) is 0 Å². The van der Waals surface area contributed by atoms with Crippen molar-refractivity contribution in [2.75, 3.05) is 0 Å². The van der Waals surface area contributed by atoms with Gasteiger partial charge < -0.3 is 0 Å². The molecule has 2 rings (SSSR count). The van der Waals surface area contributed by atoms with E-state index in [2.05, 4.69) is 14.6 Å². The van der Waals surface area contributed by atoms with Gasteiger partial charge in [-0.1, -0.05) is 41.4 Å². The van der Waals surface area contributed by atoms with Gasteiger partial charge in [-0.15, -0.1) is 8.78 Å². The lowest BCUT2D eigenvalue weighted by molar-refractivity contribution is -0.419. The van der Waals surface area contributed by atoms with Crippen LogP contribution in [0.15, 0.2) is 42.7 Å². The number of rotatable bonds is 6. The Morgan fingerprint density at radius 1 is 1.21 bits per heavy atom.